The molecule has 6 heteroatoms. The normalized spacial score (nSPS) is 21.6. The molecule has 0 bridgehead atoms. The molecule has 1 aromatic rings. The Bertz CT molecular complexity index is 439. The molecule has 1 fully saturated rings. The molecule has 0 saturated carbocycles. The van der Waals surface area contributed by atoms with Gasteiger partial charge in [-0.3, -0.25) is 4.68 Å². The summed E-state index contributed by atoms with van der Waals surface area (Å²) in [5.41, 5.74) is -0.469. The monoisotopic (exact) mass is 281 g/mol. The number of carbonyl (C=O) groups excluding carboxylic acids is 1. The van der Waals surface area contributed by atoms with Gasteiger partial charge in [0.05, 0.1) is 13.1 Å². The van der Waals surface area contributed by atoms with Gasteiger partial charge in [0.15, 0.2) is 0 Å². The first-order valence-electron chi connectivity index (χ1n) is 7.00. The van der Waals surface area contributed by atoms with Crippen LogP contribution < -0.4 is 0 Å². The van der Waals surface area contributed by atoms with E-state index in [1.165, 1.54) is 0 Å². The van der Waals surface area contributed by atoms with Crippen molar-refractivity contribution in [2.45, 2.75) is 52.0 Å². The van der Waals surface area contributed by atoms with Gasteiger partial charge in [0, 0.05) is 18.9 Å². The second-order valence-corrected chi connectivity index (χ2v) is 5.96. The molecule has 6 nitrogen and oxygen atoms in total. The second kappa shape index (κ2) is 5.83. The summed E-state index contributed by atoms with van der Waals surface area (Å²) in [5, 5.41) is 4.15. The van der Waals surface area contributed by atoms with Crippen molar-refractivity contribution in [3.8, 4) is 0 Å². The lowest BCUT2D eigenvalue weighted by Crippen LogP contribution is -2.39. The van der Waals surface area contributed by atoms with E-state index >= 15 is 0 Å². The van der Waals surface area contributed by atoms with Gasteiger partial charge >= 0.3 is 6.09 Å². The predicted octanol–water partition coefficient (Wildman–Crippen LogP) is 1.91. The average molecular weight is 281 g/mol. The van der Waals surface area contributed by atoms with Crippen LogP contribution in [-0.2, 0) is 16.0 Å². The predicted molar refractivity (Wildman–Crippen MR) is 74.4 cm³/mol. The van der Waals surface area contributed by atoms with Gasteiger partial charge in [0.25, 0.3) is 0 Å². The molecule has 1 aliphatic heterocycles. The number of amides is 1. The zero-order valence-corrected chi connectivity index (χ0v) is 12.6. The summed E-state index contributed by atoms with van der Waals surface area (Å²) in [7, 11) is 0. The molecule has 1 aliphatic rings. The van der Waals surface area contributed by atoms with Crippen LogP contribution in [0.25, 0.3) is 0 Å². The summed E-state index contributed by atoms with van der Waals surface area (Å²) in [6.07, 6.45) is 3.58. The van der Waals surface area contributed by atoms with E-state index in [2.05, 4.69) is 5.10 Å². The molecule has 0 aromatic carbocycles. The highest BCUT2D eigenvalue weighted by Gasteiger charge is 2.41. The molecule has 20 heavy (non-hydrogen) atoms. The van der Waals surface area contributed by atoms with E-state index in [4.69, 9.17) is 9.47 Å². The van der Waals surface area contributed by atoms with E-state index in [1.54, 1.807) is 11.1 Å². The van der Waals surface area contributed by atoms with Crippen LogP contribution in [0.2, 0.25) is 0 Å². The molecule has 112 valence electrons. The zero-order chi connectivity index (χ0) is 14.8. The van der Waals surface area contributed by atoms with Crippen LogP contribution in [0.15, 0.2) is 18.5 Å². The number of rotatable bonds is 5. The molecule has 1 saturated heterocycles. The molecule has 0 radical (unpaired) electrons. The summed E-state index contributed by atoms with van der Waals surface area (Å²) in [6, 6.07) is 1.89. The van der Waals surface area contributed by atoms with Crippen LogP contribution in [0.5, 0.6) is 0 Å². The van der Waals surface area contributed by atoms with Crippen LogP contribution in [-0.4, -0.2) is 51.7 Å². The maximum absolute atomic E-state index is 12.0. The smallest absolute Gasteiger partial charge is 0.410 e. The molecule has 2 heterocycles. The van der Waals surface area contributed by atoms with E-state index in [0.29, 0.717) is 13.1 Å². The zero-order valence-electron chi connectivity index (χ0n) is 12.6. The van der Waals surface area contributed by atoms with Crippen molar-refractivity contribution in [1.29, 1.82) is 0 Å². The molecule has 2 rings (SSSR count). The Morgan fingerprint density at radius 3 is 2.75 bits per heavy atom. The van der Waals surface area contributed by atoms with E-state index < -0.39 is 5.60 Å². The topological polar surface area (TPSA) is 59.9 Å². The van der Waals surface area contributed by atoms with Gasteiger partial charge in [0.1, 0.15) is 17.8 Å². The van der Waals surface area contributed by atoms with Crippen molar-refractivity contribution in [1.82, 2.24) is 14.7 Å². The lowest BCUT2D eigenvalue weighted by molar-refractivity contribution is 0.0248. The third-order valence-electron chi connectivity index (χ3n) is 3.05. The van der Waals surface area contributed by atoms with E-state index in [-0.39, 0.29) is 18.3 Å². The highest BCUT2D eigenvalue weighted by Crippen LogP contribution is 2.25. The van der Waals surface area contributed by atoms with Gasteiger partial charge in [-0.2, -0.15) is 5.10 Å². The maximum atomic E-state index is 12.0. The summed E-state index contributed by atoms with van der Waals surface area (Å²) in [4.78, 5) is 13.7. The highest BCUT2D eigenvalue weighted by molar-refractivity contribution is 5.68. The number of epoxide rings is 1. The first-order chi connectivity index (χ1) is 9.39. The minimum atomic E-state index is -0.469. The van der Waals surface area contributed by atoms with E-state index in [0.717, 1.165) is 6.54 Å². The van der Waals surface area contributed by atoms with Crippen LogP contribution in [0.1, 0.15) is 27.7 Å². The number of nitrogens with zero attached hydrogens (tertiary/aromatic N) is 3. The highest BCUT2D eigenvalue weighted by atomic mass is 16.6. The molecular formula is C14H23N3O3. The third-order valence-corrected chi connectivity index (χ3v) is 3.05. The standard InChI is InChI=1S/C14H23N3O3/c1-5-16(13(18)20-14(2,3)4)9-11-12(19-11)10-17-8-6-7-15-17/h6-8,11-12H,5,9-10H2,1-4H3. The van der Waals surface area contributed by atoms with Crippen molar-refractivity contribution in [3.05, 3.63) is 18.5 Å². The van der Waals surface area contributed by atoms with Crippen molar-refractivity contribution in [3.63, 3.8) is 0 Å². The average Bonchev–Trinajstić information content (AvgIpc) is 2.84. The quantitative estimate of drug-likeness (QED) is 0.774. The van der Waals surface area contributed by atoms with Crippen LogP contribution >= 0.6 is 0 Å². The summed E-state index contributed by atoms with van der Waals surface area (Å²) in [6.45, 7) is 9.45. The molecule has 0 N–H and O–H groups in total. The van der Waals surface area contributed by atoms with Gasteiger partial charge in [-0.15, -0.1) is 0 Å². The number of aromatic nitrogens is 2. The second-order valence-electron chi connectivity index (χ2n) is 5.96. The van der Waals surface area contributed by atoms with Crippen LogP contribution in [0.4, 0.5) is 4.79 Å². The fourth-order valence-electron chi connectivity index (χ4n) is 1.97. The molecule has 2 unspecified atom stereocenters. The molecule has 0 aliphatic carbocycles. The Hall–Kier alpha value is -1.56. The Morgan fingerprint density at radius 2 is 2.20 bits per heavy atom. The molecule has 0 spiro atoms. The summed E-state index contributed by atoms with van der Waals surface area (Å²) >= 11 is 0. The summed E-state index contributed by atoms with van der Waals surface area (Å²) in [5.74, 6) is 0. The number of carbonyl (C=O) groups is 1. The Labute approximate surface area is 119 Å². The van der Waals surface area contributed by atoms with Gasteiger partial charge in [-0.05, 0) is 33.8 Å². The largest absolute Gasteiger partial charge is 0.444 e. The maximum Gasteiger partial charge on any atom is 0.410 e. The molecular weight excluding hydrogens is 258 g/mol. The van der Waals surface area contributed by atoms with Crippen molar-refractivity contribution >= 4 is 6.09 Å². The number of likely N-dealkylation sites (N-methyl/N-ethyl adjacent to an activating group) is 1. The fourth-order valence-corrected chi connectivity index (χ4v) is 1.97. The van der Waals surface area contributed by atoms with Crippen molar-refractivity contribution < 1.29 is 14.3 Å². The van der Waals surface area contributed by atoms with Gasteiger partial charge in [0.2, 0.25) is 0 Å². The lowest BCUT2D eigenvalue weighted by atomic mass is 10.2. The SMILES string of the molecule is CCN(CC1OC1Cn1cccn1)C(=O)OC(C)(C)C. The number of ether oxygens (including phenoxy) is 2. The van der Waals surface area contributed by atoms with Crippen LogP contribution in [0.3, 0.4) is 0 Å². The van der Waals surface area contributed by atoms with E-state index in [1.807, 2.05) is 44.6 Å². The molecule has 1 amide bonds. The van der Waals surface area contributed by atoms with Crippen LogP contribution in [0, 0.1) is 0 Å². The minimum absolute atomic E-state index is 0.0756. The fraction of sp³-hybridized carbons (Fsp3) is 0.714. The van der Waals surface area contributed by atoms with Crippen molar-refractivity contribution in [2.75, 3.05) is 13.1 Å². The molecule has 2 atom stereocenters. The van der Waals surface area contributed by atoms with Crippen molar-refractivity contribution in [2.24, 2.45) is 0 Å². The summed E-state index contributed by atoms with van der Waals surface area (Å²) < 4.78 is 12.8. The Kier molecular flexibility index (Phi) is 4.32. The Morgan fingerprint density at radius 1 is 1.45 bits per heavy atom. The third kappa shape index (κ3) is 4.23. The van der Waals surface area contributed by atoms with Gasteiger partial charge in [-0.1, -0.05) is 0 Å². The van der Waals surface area contributed by atoms with E-state index in [9.17, 15) is 4.79 Å². The lowest BCUT2D eigenvalue weighted by Gasteiger charge is -2.26. The number of hydrogen-bond donors (Lipinski definition) is 0. The minimum Gasteiger partial charge on any atom is -0.444 e. The Balaban J connectivity index is 1.79. The van der Waals surface area contributed by atoms with Gasteiger partial charge < -0.3 is 14.4 Å². The molecule has 1 aromatic heterocycles. The van der Waals surface area contributed by atoms with Gasteiger partial charge in [-0.25, -0.2) is 4.79 Å². The first kappa shape index (κ1) is 14.8. The first-order valence-corrected chi connectivity index (χ1v) is 7.00. The number of hydrogen-bond acceptors (Lipinski definition) is 4.